The van der Waals surface area contributed by atoms with E-state index in [0.717, 1.165) is 12.1 Å². The van der Waals surface area contributed by atoms with Gasteiger partial charge in [0.1, 0.15) is 12.4 Å². The highest BCUT2D eigenvalue weighted by Gasteiger charge is 2.18. The van der Waals surface area contributed by atoms with Gasteiger partial charge in [0, 0.05) is 18.6 Å². The van der Waals surface area contributed by atoms with Gasteiger partial charge in [0.15, 0.2) is 0 Å². The van der Waals surface area contributed by atoms with Gasteiger partial charge in [-0.15, -0.1) is 0 Å². The van der Waals surface area contributed by atoms with Crippen molar-refractivity contribution in [3.05, 3.63) is 32.8 Å². The molecule has 1 N–H and O–H groups in total. The third-order valence-corrected chi connectivity index (χ3v) is 2.17. The molecule has 1 aromatic carbocycles. The number of anilines is 1. The van der Waals surface area contributed by atoms with E-state index in [1.165, 1.54) is 6.92 Å². The first-order valence-electron chi connectivity index (χ1n) is 4.26. The molecule has 0 aliphatic heterocycles. The van der Waals surface area contributed by atoms with Crippen molar-refractivity contribution in [3.63, 3.8) is 0 Å². The molecule has 1 amide bonds. The van der Waals surface area contributed by atoms with E-state index in [1.54, 1.807) is 0 Å². The molecule has 86 valence electrons. The van der Waals surface area contributed by atoms with Crippen LogP contribution in [0.3, 0.4) is 0 Å². The first-order valence-corrected chi connectivity index (χ1v) is 4.64. The molecule has 0 spiro atoms. The molecule has 16 heavy (non-hydrogen) atoms. The molecular formula is C9H8ClFN2O3. The van der Waals surface area contributed by atoms with Crippen LogP contribution in [0.15, 0.2) is 12.1 Å². The molecule has 1 rings (SSSR count). The Morgan fingerprint density at radius 2 is 2.25 bits per heavy atom. The smallest absolute Gasteiger partial charge is 0.294 e. The standard InChI is InChI=1S/C9H8ClFN2O3/c1-5(14)12-8-2-6(4-11)7(10)3-9(8)13(15)16/h2-3H,4H2,1H3,(H,12,14). The van der Waals surface area contributed by atoms with Gasteiger partial charge in [0.25, 0.3) is 5.69 Å². The van der Waals surface area contributed by atoms with Crippen LogP contribution in [0, 0.1) is 10.1 Å². The first-order chi connectivity index (χ1) is 7.45. The summed E-state index contributed by atoms with van der Waals surface area (Å²) in [5.74, 6) is -0.477. The zero-order valence-electron chi connectivity index (χ0n) is 8.29. The van der Waals surface area contributed by atoms with E-state index in [0.29, 0.717) is 0 Å². The normalized spacial score (nSPS) is 9.94. The van der Waals surface area contributed by atoms with Gasteiger partial charge in [0.2, 0.25) is 5.91 Å². The highest BCUT2D eigenvalue weighted by molar-refractivity contribution is 6.31. The molecular weight excluding hydrogens is 239 g/mol. The number of rotatable bonds is 3. The average Bonchev–Trinajstić information content (AvgIpc) is 2.19. The van der Waals surface area contributed by atoms with E-state index in [2.05, 4.69) is 5.32 Å². The largest absolute Gasteiger partial charge is 0.321 e. The number of hydrogen-bond acceptors (Lipinski definition) is 3. The molecule has 0 fully saturated rings. The average molecular weight is 247 g/mol. The lowest BCUT2D eigenvalue weighted by atomic mass is 10.2. The topological polar surface area (TPSA) is 72.2 Å². The fraction of sp³-hybridized carbons (Fsp3) is 0.222. The fourth-order valence-corrected chi connectivity index (χ4v) is 1.36. The summed E-state index contributed by atoms with van der Waals surface area (Å²) < 4.78 is 12.5. The zero-order chi connectivity index (χ0) is 12.3. The van der Waals surface area contributed by atoms with Crippen molar-refractivity contribution < 1.29 is 14.1 Å². The molecule has 0 bridgehead atoms. The number of hydrogen-bond donors (Lipinski definition) is 1. The van der Waals surface area contributed by atoms with Crippen LogP contribution >= 0.6 is 11.6 Å². The van der Waals surface area contributed by atoms with Crippen LogP contribution < -0.4 is 5.32 Å². The van der Waals surface area contributed by atoms with Gasteiger partial charge in [-0.3, -0.25) is 14.9 Å². The molecule has 0 unspecified atom stereocenters. The zero-order valence-corrected chi connectivity index (χ0v) is 9.05. The predicted molar refractivity (Wildman–Crippen MR) is 57.2 cm³/mol. The molecule has 1 aromatic rings. The molecule has 0 aliphatic rings. The third-order valence-electron chi connectivity index (χ3n) is 1.82. The maximum absolute atomic E-state index is 12.5. The third kappa shape index (κ3) is 2.66. The Bertz CT molecular complexity index is 451. The number of alkyl halides is 1. The lowest BCUT2D eigenvalue weighted by Crippen LogP contribution is -2.08. The Balaban J connectivity index is 3.30. The minimum atomic E-state index is -0.858. The summed E-state index contributed by atoms with van der Waals surface area (Å²) in [5.41, 5.74) is -0.331. The van der Waals surface area contributed by atoms with Crippen LogP contribution in [0.2, 0.25) is 5.02 Å². The number of halogens is 2. The number of nitrogens with zero attached hydrogens (tertiary/aromatic N) is 1. The van der Waals surface area contributed by atoms with E-state index in [4.69, 9.17) is 11.6 Å². The number of nitro benzene ring substituents is 1. The Kier molecular flexibility index (Phi) is 3.78. The van der Waals surface area contributed by atoms with Crippen LogP contribution in [-0.2, 0) is 11.5 Å². The van der Waals surface area contributed by atoms with Gasteiger partial charge in [-0.1, -0.05) is 11.6 Å². The number of carbonyl (C=O) groups is 1. The lowest BCUT2D eigenvalue weighted by Gasteiger charge is -2.06. The Labute approximate surface area is 95.4 Å². The molecule has 0 radical (unpaired) electrons. The number of nitrogens with one attached hydrogen (secondary N) is 1. The van der Waals surface area contributed by atoms with Crippen molar-refractivity contribution in [1.29, 1.82) is 0 Å². The predicted octanol–water partition coefficient (Wildman–Crippen LogP) is 2.68. The van der Waals surface area contributed by atoms with Crippen molar-refractivity contribution in [1.82, 2.24) is 0 Å². The second-order valence-electron chi connectivity index (χ2n) is 3.03. The summed E-state index contributed by atoms with van der Waals surface area (Å²) in [5, 5.41) is 12.9. The van der Waals surface area contributed by atoms with Crippen LogP contribution in [0.5, 0.6) is 0 Å². The van der Waals surface area contributed by atoms with Gasteiger partial charge in [-0.2, -0.15) is 0 Å². The van der Waals surface area contributed by atoms with E-state index in [9.17, 15) is 19.3 Å². The highest BCUT2D eigenvalue weighted by Crippen LogP contribution is 2.31. The molecule has 0 aromatic heterocycles. The van der Waals surface area contributed by atoms with Crippen molar-refractivity contribution in [2.24, 2.45) is 0 Å². The van der Waals surface area contributed by atoms with E-state index in [1.807, 2.05) is 0 Å². The second kappa shape index (κ2) is 4.89. The van der Waals surface area contributed by atoms with Crippen molar-refractivity contribution in [2.75, 3.05) is 5.32 Å². The van der Waals surface area contributed by atoms with E-state index >= 15 is 0 Å². The number of carbonyl (C=O) groups excluding carboxylic acids is 1. The first kappa shape index (κ1) is 12.4. The minimum Gasteiger partial charge on any atom is -0.321 e. The van der Waals surface area contributed by atoms with Gasteiger partial charge >= 0.3 is 0 Å². The monoisotopic (exact) mass is 246 g/mol. The van der Waals surface area contributed by atoms with E-state index < -0.39 is 17.5 Å². The van der Waals surface area contributed by atoms with Crippen molar-refractivity contribution >= 4 is 28.9 Å². The van der Waals surface area contributed by atoms with Gasteiger partial charge < -0.3 is 5.32 Å². The van der Waals surface area contributed by atoms with Crippen LogP contribution in [-0.4, -0.2) is 10.8 Å². The van der Waals surface area contributed by atoms with Gasteiger partial charge in [-0.25, -0.2) is 4.39 Å². The number of nitro groups is 1. The number of amides is 1. The van der Waals surface area contributed by atoms with Crippen molar-refractivity contribution in [2.45, 2.75) is 13.6 Å². The summed E-state index contributed by atoms with van der Waals surface area (Å²) >= 11 is 5.62. The molecule has 0 aliphatic carbocycles. The number of benzene rings is 1. The van der Waals surface area contributed by atoms with E-state index in [-0.39, 0.29) is 22.0 Å². The molecule has 5 nitrogen and oxygen atoms in total. The molecule has 7 heteroatoms. The van der Waals surface area contributed by atoms with Gasteiger partial charge in [-0.05, 0) is 6.07 Å². The highest BCUT2D eigenvalue weighted by atomic mass is 35.5. The molecule has 0 saturated heterocycles. The Morgan fingerprint density at radius 1 is 1.62 bits per heavy atom. The second-order valence-corrected chi connectivity index (χ2v) is 3.44. The van der Waals surface area contributed by atoms with Crippen LogP contribution in [0.25, 0.3) is 0 Å². The summed E-state index contributed by atoms with van der Waals surface area (Å²) in [6.45, 7) is 0.344. The lowest BCUT2D eigenvalue weighted by molar-refractivity contribution is -0.383. The SMILES string of the molecule is CC(=O)Nc1cc(CF)c(Cl)cc1[N+](=O)[O-]. The maximum Gasteiger partial charge on any atom is 0.294 e. The Hall–Kier alpha value is -1.69. The quantitative estimate of drug-likeness (QED) is 0.658. The van der Waals surface area contributed by atoms with Crippen LogP contribution in [0.1, 0.15) is 12.5 Å². The fourth-order valence-electron chi connectivity index (χ4n) is 1.15. The minimum absolute atomic E-state index is 0.0386. The molecule has 0 heterocycles. The van der Waals surface area contributed by atoms with Crippen LogP contribution in [0.4, 0.5) is 15.8 Å². The van der Waals surface area contributed by atoms with Gasteiger partial charge in [0.05, 0.1) is 9.95 Å². The molecule has 0 atom stereocenters. The summed E-state index contributed by atoms with van der Waals surface area (Å²) in [6, 6.07) is 2.17. The summed E-state index contributed by atoms with van der Waals surface area (Å²) in [6.07, 6.45) is 0. The molecule has 0 saturated carbocycles. The Morgan fingerprint density at radius 3 is 2.69 bits per heavy atom. The maximum atomic E-state index is 12.5. The summed E-state index contributed by atoms with van der Waals surface area (Å²) in [7, 11) is 0. The summed E-state index contributed by atoms with van der Waals surface area (Å²) in [4.78, 5) is 20.8. The van der Waals surface area contributed by atoms with Crippen molar-refractivity contribution in [3.8, 4) is 0 Å².